The number of aromatic hydroxyl groups is 2. The van der Waals surface area contributed by atoms with Gasteiger partial charge in [0.15, 0.2) is 0 Å². The Morgan fingerprint density at radius 2 is 1.29 bits per heavy atom. The number of azo groups is 1. The molecule has 0 heterocycles. The lowest BCUT2D eigenvalue weighted by Crippen LogP contribution is -1.87. The van der Waals surface area contributed by atoms with Crippen LogP contribution >= 0.6 is 0 Å². The summed E-state index contributed by atoms with van der Waals surface area (Å²) in [7, 11) is 0. The summed E-state index contributed by atoms with van der Waals surface area (Å²) in [5.74, 6) is 0.475. The molecule has 2 rings (SSSR count). The zero-order valence-corrected chi connectivity index (χ0v) is 19.0. The smallest absolute Gasteiger partial charge is 0.116 e. The van der Waals surface area contributed by atoms with Crippen LogP contribution in [0.3, 0.4) is 0 Å². The Bertz CT molecular complexity index is 797. The van der Waals surface area contributed by atoms with Crippen LogP contribution in [0, 0.1) is 0 Å². The van der Waals surface area contributed by atoms with Gasteiger partial charge in [-0.15, -0.1) is 0 Å². The van der Waals surface area contributed by atoms with Crippen molar-refractivity contribution < 1.29 is 10.2 Å². The van der Waals surface area contributed by atoms with Gasteiger partial charge < -0.3 is 10.2 Å². The maximum absolute atomic E-state index is 9.85. The van der Waals surface area contributed by atoms with E-state index in [1.54, 1.807) is 36.4 Å². The van der Waals surface area contributed by atoms with E-state index in [-0.39, 0.29) is 11.5 Å². The third-order valence-corrected chi connectivity index (χ3v) is 5.39. The molecule has 2 aromatic rings. The number of allylic oxidation sites excluding steroid dienone is 2. The van der Waals surface area contributed by atoms with E-state index >= 15 is 0 Å². The predicted molar refractivity (Wildman–Crippen MR) is 130 cm³/mol. The Morgan fingerprint density at radius 3 is 2.00 bits per heavy atom. The van der Waals surface area contributed by atoms with Gasteiger partial charge in [-0.05, 0) is 86.6 Å². The van der Waals surface area contributed by atoms with Gasteiger partial charge in [-0.1, -0.05) is 57.6 Å². The summed E-state index contributed by atoms with van der Waals surface area (Å²) in [6.07, 6.45) is 19.4. The second kappa shape index (κ2) is 15.2. The van der Waals surface area contributed by atoms with Crippen molar-refractivity contribution in [2.45, 2.75) is 84.0 Å². The molecule has 0 unspecified atom stereocenters. The Morgan fingerprint density at radius 1 is 0.677 bits per heavy atom. The van der Waals surface area contributed by atoms with E-state index in [0.717, 1.165) is 24.1 Å². The number of benzene rings is 2. The minimum absolute atomic E-state index is 0.211. The molecule has 0 bridgehead atoms. The molecule has 0 aliphatic rings. The van der Waals surface area contributed by atoms with Gasteiger partial charge in [-0.3, -0.25) is 0 Å². The van der Waals surface area contributed by atoms with Crippen LogP contribution in [-0.4, -0.2) is 10.2 Å². The molecule has 0 aliphatic carbocycles. The topological polar surface area (TPSA) is 65.2 Å². The summed E-state index contributed by atoms with van der Waals surface area (Å²) in [5.41, 5.74) is 2.50. The van der Waals surface area contributed by atoms with Crippen LogP contribution in [0.2, 0.25) is 0 Å². The first-order valence-electron chi connectivity index (χ1n) is 11.9. The third-order valence-electron chi connectivity index (χ3n) is 5.39. The van der Waals surface area contributed by atoms with E-state index < -0.39 is 0 Å². The largest absolute Gasteiger partial charge is 0.508 e. The molecule has 0 spiro atoms. The Hall–Kier alpha value is -2.62. The molecule has 0 aromatic heterocycles. The Labute approximate surface area is 187 Å². The predicted octanol–water partition coefficient (Wildman–Crippen LogP) is 8.92. The quantitative estimate of drug-likeness (QED) is 0.171. The van der Waals surface area contributed by atoms with Crippen LogP contribution in [0.25, 0.3) is 0 Å². The summed E-state index contributed by atoms with van der Waals surface area (Å²) in [5, 5.41) is 27.8. The first-order chi connectivity index (χ1) is 15.2. The van der Waals surface area contributed by atoms with Gasteiger partial charge in [0.05, 0.1) is 11.4 Å². The number of phenols is 2. The third kappa shape index (κ3) is 10.8. The minimum Gasteiger partial charge on any atom is -0.508 e. The number of hydrogen-bond acceptors (Lipinski definition) is 4. The van der Waals surface area contributed by atoms with Gasteiger partial charge in [0.1, 0.15) is 11.5 Å². The van der Waals surface area contributed by atoms with Crippen LogP contribution in [0.15, 0.2) is 64.8 Å². The first kappa shape index (κ1) is 24.6. The van der Waals surface area contributed by atoms with Gasteiger partial charge >= 0.3 is 0 Å². The fourth-order valence-corrected chi connectivity index (χ4v) is 3.53. The number of hydrogen-bond donors (Lipinski definition) is 2. The molecule has 4 heteroatoms. The van der Waals surface area contributed by atoms with E-state index in [0.29, 0.717) is 5.69 Å². The minimum atomic E-state index is 0.211. The highest BCUT2D eigenvalue weighted by atomic mass is 16.3. The summed E-state index contributed by atoms with van der Waals surface area (Å²) in [4.78, 5) is 0. The van der Waals surface area contributed by atoms with Gasteiger partial charge in [-0.2, -0.15) is 10.2 Å². The number of unbranched alkanes of at least 4 members (excludes halogenated alkanes) is 9. The zero-order valence-electron chi connectivity index (χ0n) is 19.0. The van der Waals surface area contributed by atoms with Gasteiger partial charge in [0.2, 0.25) is 0 Å². The lowest BCUT2D eigenvalue weighted by atomic mass is 10.0. The van der Waals surface area contributed by atoms with Crippen molar-refractivity contribution in [1.82, 2.24) is 0 Å². The molecule has 0 saturated carbocycles. The monoisotopic (exact) mass is 422 g/mol. The van der Waals surface area contributed by atoms with Crippen LogP contribution in [0.1, 0.15) is 83.1 Å². The van der Waals surface area contributed by atoms with E-state index in [4.69, 9.17) is 0 Å². The number of aryl methyl sites for hydroxylation is 1. The lowest BCUT2D eigenvalue weighted by molar-refractivity contribution is 0.474. The van der Waals surface area contributed by atoms with Crippen LogP contribution in [-0.2, 0) is 6.42 Å². The molecular formula is C27H38N2O2. The van der Waals surface area contributed by atoms with Crippen molar-refractivity contribution in [2.75, 3.05) is 0 Å². The summed E-state index contributed by atoms with van der Waals surface area (Å²) < 4.78 is 0. The molecule has 0 saturated heterocycles. The molecule has 0 atom stereocenters. The highest BCUT2D eigenvalue weighted by Crippen LogP contribution is 2.28. The second-order valence-corrected chi connectivity index (χ2v) is 8.16. The van der Waals surface area contributed by atoms with Crippen LogP contribution < -0.4 is 0 Å². The van der Waals surface area contributed by atoms with Gasteiger partial charge in [-0.25, -0.2) is 0 Å². The number of rotatable bonds is 15. The normalized spacial score (nSPS) is 11.6. The van der Waals surface area contributed by atoms with Crippen molar-refractivity contribution in [3.8, 4) is 11.5 Å². The molecular weight excluding hydrogens is 384 g/mol. The van der Waals surface area contributed by atoms with E-state index in [1.165, 1.54) is 64.2 Å². The summed E-state index contributed by atoms with van der Waals surface area (Å²) >= 11 is 0. The number of nitrogens with zero attached hydrogens (tertiary/aromatic N) is 2. The average Bonchev–Trinajstić information content (AvgIpc) is 2.77. The molecule has 4 nitrogen and oxygen atoms in total. The number of phenolic OH excluding ortho intramolecular Hbond substituents is 2. The highest BCUT2D eigenvalue weighted by molar-refractivity contribution is 5.50. The Balaban J connectivity index is 1.66. The molecule has 2 aromatic carbocycles. The van der Waals surface area contributed by atoms with E-state index in [2.05, 4.69) is 29.3 Å². The molecule has 168 valence electrons. The Kier molecular flexibility index (Phi) is 12.1. The summed E-state index contributed by atoms with van der Waals surface area (Å²) in [6, 6.07) is 11.9. The molecule has 0 amide bonds. The maximum atomic E-state index is 9.85. The van der Waals surface area contributed by atoms with Crippen molar-refractivity contribution in [3.63, 3.8) is 0 Å². The fraction of sp³-hybridized carbons (Fsp3) is 0.481. The molecule has 31 heavy (non-hydrogen) atoms. The standard InChI is InChI=1S/C27H38N2O2/c1-2-3-4-5-6-7-8-9-10-11-12-13-14-15-23-22-26(31)20-21-27(23)29-28-24-16-18-25(30)19-17-24/h7-8,16-22,30-31H,2-6,9-15H2,1H3/b8-7-,29-28?. The van der Waals surface area contributed by atoms with Crippen molar-refractivity contribution in [3.05, 3.63) is 60.2 Å². The molecule has 0 fully saturated rings. The average molecular weight is 423 g/mol. The van der Waals surface area contributed by atoms with Crippen molar-refractivity contribution in [1.29, 1.82) is 0 Å². The molecule has 0 radical (unpaired) electrons. The fourth-order valence-electron chi connectivity index (χ4n) is 3.53. The van der Waals surface area contributed by atoms with E-state index in [1.807, 2.05) is 6.07 Å². The van der Waals surface area contributed by atoms with Gasteiger partial charge in [0, 0.05) is 0 Å². The SMILES string of the molecule is CCCCCC/C=C\CCCCCCCc1cc(O)ccc1N=Nc1ccc(O)cc1. The first-order valence-corrected chi connectivity index (χ1v) is 11.9. The molecule has 2 N–H and O–H groups in total. The molecule has 0 aliphatic heterocycles. The highest BCUT2D eigenvalue weighted by Gasteiger charge is 2.04. The van der Waals surface area contributed by atoms with Gasteiger partial charge in [0.25, 0.3) is 0 Å². The maximum Gasteiger partial charge on any atom is 0.116 e. The van der Waals surface area contributed by atoms with Crippen molar-refractivity contribution >= 4 is 11.4 Å². The van der Waals surface area contributed by atoms with E-state index in [9.17, 15) is 10.2 Å². The van der Waals surface area contributed by atoms with Crippen LogP contribution in [0.4, 0.5) is 11.4 Å². The van der Waals surface area contributed by atoms with Crippen LogP contribution in [0.5, 0.6) is 11.5 Å². The van der Waals surface area contributed by atoms with Crippen molar-refractivity contribution in [2.24, 2.45) is 10.2 Å². The zero-order chi connectivity index (χ0) is 22.2. The lowest BCUT2D eigenvalue weighted by Gasteiger charge is -2.06. The second-order valence-electron chi connectivity index (χ2n) is 8.16. The summed E-state index contributed by atoms with van der Waals surface area (Å²) in [6.45, 7) is 2.25.